The van der Waals surface area contributed by atoms with Crippen LogP contribution in [0.3, 0.4) is 0 Å². The maximum atomic E-state index is 12.2. The lowest BCUT2D eigenvalue weighted by atomic mass is 10.2. The fraction of sp³-hybridized carbons (Fsp3) is 0.133. The molecular formula is C15H13Cl2NO3S. The summed E-state index contributed by atoms with van der Waals surface area (Å²) in [6, 6.07) is 9.29. The average molecular weight is 358 g/mol. The zero-order chi connectivity index (χ0) is 16.5. The van der Waals surface area contributed by atoms with Crippen molar-refractivity contribution in [3.8, 4) is 0 Å². The van der Waals surface area contributed by atoms with E-state index in [9.17, 15) is 13.2 Å². The predicted molar refractivity (Wildman–Crippen MR) is 88.7 cm³/mol. The van der Waals surface area contributed by atoms with Crippen molar-refractivity contribution in [3.63, 3.8) is 0 Å². The molecule has 0 spiro atoms. The smallest absolute Gasteiger partial charge is 0.255 e. The Morgan fingerprint density at radius 3 is 2.32 bits per heavy atom. The van der Waals surface area contributed by atoms with Crippen molar-refractivity contribution < 1.29 is 13.2 Å². The zero-order valence-corrected chi connectivity index (χ0v) is 14.2. The van der Waals surface area contributed by atoms with Crippen LogP contribution in [0, 0.1) is 6.92 Å². The molecule has 4 nitrogen and oxygen atoms in total. The largest absolute Gasteiger partial charge is 0.321 e. The normalized spacial score (nSPS) is 11.3. The van der Waals surface area contributed by atoms with Crippen LogP contribution < -0.4 is 5.32 Å². The van der Waals surface area contributed by atoms with E-state index in [1.165, 1.54) is 18.2 Å². The van der Waals surface area contributed by atoms with Crippen LogP contribution in [0.25, 0.3) is 0 Å². The highest BCUT2D eigenvalue weighted by atomic mass is 35.5. The van der Waals surface area contributed by atoms with E-state index in [2.05, 4.69) is 5.32 Å². The molecule has 0 aliphatic heterocycles. The molecule has 2 aromatic carbocycles. The van der Waals surface area contributed by atoms with Gasteiger partial charge in [0, 0.05) is 11.8 Å². The summed E-state index contributed by atoms with van der Waals surface area (Å²) in [5, 5.41) is 3.13. The number of carbonyl (C=O) groups excluding carboxylic acids is 1. The topological polar surface area (TPSA) is 63.2 Å². The lowest BCUT2D eigenvalue weighted by Crippen LogP contribution is -2.13. The Kier molecular flexibility index (Phi) is 4.80. The predicted octanol–water partition coefficient (Wildman–Crippen LogP) is 3.96. The lowest BCUT2D eigenvalue weighted by Gasteiger charge is -2.09. The number of anilines is 1. The van der Waals surface area contributed by atoms with Crippen LogP contribution in [-0.4, -0.2) is 20.6 Å². The van der Waals surface area contributed by atoms with E-state index in [0.717, 1.165) is 11.8 Å². The number of aryl methyl sites for hydroxylation is 1. The molecule has 0 atom stereocenters. The first-order valence-electron chi connectivity index (χ1n) is 6.25. The number of benzene rings is 2. The molecule has 2 aromatic rings. The Labute approximate surface area is 139 Å². The molecule has 0 unspecified atom stereocenters. The van der Waals surface area contributed by atoms with Crippen LogP contribution in [0.2, 0.25) is 10.0 Å². The monoisotopic (exact) mass is 357 g/mol. The van der Waals surface area contributed by atoms with Gasteiger partial charge in [0.15, 0.2) is 9.84 Å². The van der Waals surface area contributed by atoms with Gasteiger partial charge in [-0.2, -0.15) is 0 Å². The third kappa shape index (κ3) is 3.80. The second-order valence-corrected chi connectivity index (χ2v) is 7.65. The van der Waals surface area contributed by atoms with Gasteiger partial charge >= 0.3 is 0 Å². The van der Waals surface area contributed by atoms with Gasteiger partial charge in [0.25, 0.3) is 5.91 Å². The highest BCUT2D eigenvalue weighted by Gasteiger charge is 2.16. The summed E-state index contributed by atoms with van der Waals surface area (Å²) < 4.78 is 23.3. The van der Waals surface area contributed by atoms with Crippen molar-refractivity contribution in [1.29, 1.82) is 0 Å². The molecule has 1 amide bonds. The molecule has 0 heterocycles. The summed E-state index contributed by atoms with van der Waals surface area (Å²) in [4.78, 5) is 12.1. The van der Waals surface area contributed by atoms with E-state index < -0.39 is 15.7 Å². The molecule has 0 aliphatic rings. The quantitative estimate of drug-likeness (QED) is 0.903. The van der Waals surface area contributed by atoms with Crippen molar-refractivity contribution in [1.82, 2.24) is 0 Å². The number of nitrogens with one attached hydrogen (secondary N) is 1. The zero-order valence-electron chi connectivity index (χ0n) is 11.9. The van der Waals surface area contributed by atoms with Crippen LogP contribution in [0.1, 0.15) is 15.9 Å². The number of hydrogen-bond donors (Lipinski definition) is 1. The third-order valence-corrected chi connectivity index (χ3v) is 4.86. The molecule has 0 fully saturated rings. The van der Waals surface area contributed by atoms with E-state index >= 15 is 0 Å². The molecule has 0 saturated carbocycles. The number of amides is 1. The second-order valence-electron chi connectivity index (χ2n) is 4.85. The van der Waals surface area contributed by atoms with E-state index in [1.807, 2.05) is 13.0 Å². The highest BCUT2D eigenvalue weighted by molar-refractivity contribution is 7.90. The summed E-state index contributed by atoms with van der Waals surface area (Å²) >= 11 is 11.9. The first-order chi connectivity index (χ1) is 10.2. The van der Waals surface area contributed by atoms with Crippen molar-refractivity contribution in [3.05, 3.63) is 57.6 Å². The molecule has 0 radical (unpaired) electrons. The van der Waals surface area contributed by atoms with Gasteiger partial charge in [0.05, 0.1) is 20.6 Å². The Hall–Kier alpha value is -1.56. The van der Waals surface area contributed by atoms with Crippen LogP contribution >= 0.6 is 23.2 Å². The minimum atomic E-state index is -3.51. The van der Waals surface area contributed by atoms with Gasteiger partial charge in [-0.05, 0) is 42.8 Å². The molecule has 116 valence electrons. The number of rotatable bonds is 3. The number of hydrogen-bond acceptors (Lipinski definition) is 3. The van der Waals surface area contributed by atoms with Crippen LogP contribution in [0.5, 0.6) is 0 Å². The van der Waals surface area contributed by atoms with Gasteiger partial charge in [-0.1, -0.05) is 29.3 Å². The molecule has 0 aliphatic carbocycles. The Balaban J connectivity index is 2.34. The minimum Gasteiger partial charge on any atom is -0.321 e. The van der Waals surface area contributed by atoms with Crippen LogP contribution in [0.15, 0.2) is 41.3 Å². The highest BCUT2D eigenvalue weighted by Crippen LogP contribution is 2.25. The molecule has 1 N–H and O–H groups in total. The van der Waals surface area contributed by atoms with Gasteiger partial charge < -0.3 is 5.32 Å². The van der Waals surface area contributed by atoms with E-state index in [-0.39, 0.29) is 15.5 Å². The molecule has 7 heteroatoms. The Morgan fingerprint density at radius 2 is 1.73 bits per heavy atom. The second kappa shape index (κ2) is 6.28. The maximum Gasteiger partial charge on any atom is 0.255 e. The minimum absolute atomic E-state index is 0.0763. The molecule has 2 rings (SSSR count). The Bertz CT molecular complexity index is 848. The van der Waals surface area contributed by atoms with Crippen molar-refractivity contribution in [2.45, 2.75) is 11.8 Å². The van der Waals surface area contributed by atoms with E-state index in [1.54, 1.807) is 12.1 Å². The molecule has 22 heavy (non-hydrogen) atoms. The number of sulfone groups is 1. The first-order valence-corrected chi connectivity index (χ1v) is 8.90. The van der Waals surface area contributed by atoms with Crippen molar-refractivity contribution >= 4 is 44.6 Å². The average Bonchev–Trinajstić information content (AvgIpc) is 2.41. The summed E-state index contributed by atoms with van der Waals surface area (Å²) in [6.07, 6.45) is 1.03. The van der Waals surface area contributed by atoms with E-state index in [0.29, 0.717) is 10.7 Å². The summed E-state index contributed by atoms with van der Waals surface area (Å²) in [5.74, 6) is -0.465. The maximum absolute atomic E-state index is 12.2. The summed E-state index contributed by atoms with van der Waals surface area (Å²) in [6.45, 7) is 1.88. The standard InChI is InChI=1S/C15H13Cl2NO3S/c1-9-3-6-13(12(17)7-9)18-15(19)10-4-5-11(16)14(8-10)22(2,20)21/h3-8H,1-2H3,(H,18,19). The SMILES string of the molecule is Cc1ccc(NC(=O)c2ccc(Cl)c(S(C)(=O)=O)c2)c(Cl)c1. The fourth-order valence-electron chi connectivity index (χ4n) is 1.84. The van der Waals surface area contributed by atoms with Gasteiger partial charge in [-0.15, -0.1) is 0 Å². The lowest BCUT2D eigenvalue weighted by molar-refractivity contribution is 0.102. The first kappa shape index (κ1) is 16.8. The van der Waals surface area contributed by atoms with Crippen LogP contribution in [0.4, 0.5) is 5.69 Å². The van der Waals surface area contributed by atoms with Crippen molar-refractivity contribution in [2.24, 2.45) is 0 Å². The third-order valence-electron chi connectivity index (χ3n) is 2.97. The van der Waals surface area contributed by atoms with Crippen molar-refractivity contribution in [2.75, 3.05) is 11.6 Å². The van der Waals surface area contributed by atoms with E-state index in [4.69, 9.17) is 23.2 Å². The molecule has 0 aromatic heterocycles. The number of carbonyl (C=O) groups is 1. The Morgan fingerprint density at radius 1 is 1.05 bits per heavy atom. The van der Waals surface area contributed by atoms with Gasteiger partial charge in [-0.3, -0.25) is 4.79 Å². The molecule has 0 saturated heterocycles. The number of halogens is 2. The van der Waals surface area contributed by atoms with Gasteiger partial charge in [0.1, 0.15) is 0 Å². The van der Waals surface area contributed by atoms with Crippen LogP contribution in [-0.2, 0) is 9.84 Å². The molecule has 0 bridgehead atoms. The van der Waals surface area contributed by atoms with Gasteiger partial charge in [0.2, 0.25) is 0 Å². The molecular weight excluding hydrogens is 345 g/mol. The van der Waals surface area contributed by atoms with Gasteiger partial charge in [-0.25, -0.2) is 8.42 Å². The summed E-state index contributed by atoms with van der Waals surface area (Å²) in [7, 11) is -3.51. The fourth-order valence-corrected chi connectivity index (χ4v) is 3.43. The summed E-state index contributed by atoms with van der Waals surface area (Å²) in [5.41, 5.74) is 1.60.